The molecule has 0 aliphatic carbocycles. The molecule has 0 radical (unpaired) electrons. The van der Waals surface area contributed by atoms with Gasteiger partial charge in [-0.05, 0) is 24.5 Å². The zero-order valence-electron chi connectivity index (χ0n) is 8.77. The minimum atomic E-state index is 1.04. The van der Waals surface area contributed by atoms with Crippen LogP contribution in [0, 0.1) is 0 Å². The Morgan fingerprint density at radius 3 is 3.20 bits per heavy atom. The molecule has 0 fully saturated rings. The fourth-order valence-electron chi connectivity index (χ4n) is 2.23. The predicted octanol–water partition coefficient (Wildman–Crippen LogP) is 2.06. The van der Waals surface area contributed by atoms with Crippen molar-refractivity contribution in [2.24, 2.45) is 0 Å². The SMILES string of the molecule is CCc1cnc2n1CCc1cnccc1-2. The molecule has 0 atom stereocenters. The Hall–Kier alpha value is -1.64. The first-order chi connectivity index (χ1) is 7.40. The highest BCUT2D eigenvalue weighted by molar-refractivity contribution is 5.61. The van der Waals surface area contributed by atoms with Crippen LogP contribution >= 0.6 is 0 Å². The molecule has 3 heteroatoms. The summed E-state index contributed by atoms with van der Waals surface area (Å²) in [4.78, 5) is 8.66. The topological polar surface area (TPSA) is 30.7 Å². The second-order valence-corrected chi connectivity index (χ2v) is 3.86. The second-order valence-electron chi connectivity index (χ2n) is 3.86. The van der Waals surface area contributed by atoms with Gasteiger partial charge in [0, 0.05) is 36.4 Å². The molecule has 0 aromatic carbocycles. The van der Waals surface area contributed by atoms with Gasteiger partial charge in [-0.15, -0.1) is 0 Å². The molecule has 0 bridgehead atoms. The second kappa shape index (κ2) is 3.19. The first kappa shape index (κ1) is 8.65. The molecule has 1 aliphatic rings. The van der Waals surface area contributed by atoms with Crippen LogP contribution in [-0.4, -0.2) is 14.5 Å². The van der Waals surface area contributed by atoms with Crippen LogP contribution in [0.25, 0.3) is 11.4 Å². The third kappa shape index (κ3) is 1.19. The average molecular weight is 199 g/mol. The molecule has 0 spiro atoms. The van der Waals surface area contributed by atoms with Crippen molar-refractivity contribution >= 4 is 0 Å². The molecule has 2 aromatic rings. The van der Waals surface area contributed by atoms with Gasteiger partial charge in [-0.2, -0.15) is 0 Å². The van der Waals surface area contributed by atoms with Crippen LogP contribution in [0.2, 0.25) is 0 Å². The third-order valence-corrected chi connectivity index (χ3v) is 3.05. The van der Waals surface area contributed by atoms with Gasteiger partial charge in [0.15, 0.2) is 0 Å². The lowest BCUT2D eigenvalue weighted by molar-refractivity contribution is 0.653. The average Bonchev–Trinajstić information content (AvgIpc) is 2.72. The van der Waals surface area contributed by atoms with Crippen molar-refractivity contribution in [3.63, 3.8) is 0 Å². The predicted molar refractivity (Wildman–Crippen MR) is 58.5 cm³/mol. The summed E-state index contributed by atoms with van der Waals surface area (Å²) >= 11 is 0. The molecule has 2 aromatic heterocycles. The van der Waals surface area contributed by atoms with E-state index in [1.807, 2.05) is 18.6 Å². The quantitative estimate of drug-likeness (QED) is 0.704. The molecule has 0 saturated heterocycles. The highest BCUT2D eigenvalue weighted by Crippen LogP contribution is 2.28. The number of hydrogen-bond donors (Lipinski definition) is 0. The van der Waals surface area contributed by atoms with E-state index in [0.29, 0.717) is 0 Å². The van der Waals surface area contributed by atoms with E-state index in [1.54, 1.807) is 0 Å². The molecule has 0 N–H and O–H groups in total. The van der Waals surface area contributed by atoms with Gasteiger partial charge in [-0.3, -0.25) is 4.98 Å². The Labute approximate surface area is 88.8 Å². The highest BCUT2D eigenvalue weighted by Gasteiger charge is 2.18. The molecule has 3 heterocycles. The molecule has 0 saturated carbocycles. The molecular formula is C12H13N3. The monoisotopic (exact) mass is 199 g/mol. The fraction of sp³-hybridized carbons (Fsp3) is 0.333. The van der Waals surface area contributed by atoms with Crippen LogP contribution in [0.4, 0.5) is 0 Å². The van der Waals surface area contributed by atoms with Crippen molar-refractivity contribution in [1.82, 2.24) is 14.5 Å². The molecule has 0 unspecified atom stereocenters. The van der Waals surface area contributed by atoms with Crippen molar-refractivity contribution < 1.29 is 0 Å². The van der Waals surface area contributed by atoms with Gasteiger partial charge < -0.3 is 4.57 Å². The summed E-state index contributed by atoms with van der Waals surface area (Å²) in [6.45, 7) is 3.21. The van der Waals surface area contributed by atoms with Crippen LogP contribution in [-0.2, 0) is 19.4 Å². The van der Waals surface area contributed by atoms with Crippen molar-refractivity contribution in [3.8, 4) is 11.4 Å². The maximum absolute atomic E-state index is 4.50. The summed E-state index contributed by atoms with van der Waals surface area (Å²) in [5.41, 5.74) is 3.89. The summed E-state index contributed by atoms with van der Waals surface area (Å²) in [5.74, 6) is 1.11. The molecule has 76 valence electrons. The van der Waals surface area contributed by atoms with Gasteiger partial charge in [-0.25, -0.2) is 4.98 Å². The van der Waals surface area contributed by atoms with Gasteiger partial charge in [0.1, 0.15) is 5.82 Å². The Bertz CT molecular complexity index is 499. The molecule has 0 amide bonds. The van der Waals surface area contributed by atoms with Crippen LogP contribution in [0.3, 0.4) is 0 Å². The van der Waals surface area contributed by atoms with Crippen LogP contribution in [0.1, 0.15) is 18.2 Å². The van der Waals surface area contributed by atoms with E-state index in [1.165, 1.54) is 16.8 Å². The third-order valence-electron chi connectivity index (χ3n) is 3.05. The smallest absolute Gasteiger partial charge is 0.140 e. The molecule has 3 nitrogen and oxygen atoms in total. The van der Waals surface area contributed by atoms with E-state index in [0.717, 1.165) is 25.2 Å². The number of rotatable bonds is 1. The largest absolute Gasteiger partial charge is 0.328 e. The molecular weight excluding hydrogens is 186 g/mol. The molecule has 1 aliphatic heterocycles. The van der Waals surface area contributed by atoms with E-state index < -0.39 is 0 Å². The number of nitrogens with zero attached hydrogens (tertiary/aromatic N) is 3. The number of fused-ring (bicyclic) bond motifs is 3. The lowest BCUT2D eigenvalue weighted by Crippen LogP contribution is -2.13. The lowest BCUT2D eigenvalue weighted by atomic mass is 10.0. The van der Waals surface area contributed by atoms with Crippen LogP contribution < -0.4 is 0 Å². The Kier molecular flexibility index (Phi) is 1.84. The highest BCUT2D eigenvalue weighted by atomic mass is 15.1. The van der Waals surface area contributed by atoms with Gasteiger partial charge in [-0.1, -0.05) is 6.92 Å². The van der Waals surface area contributed by atoms with E-state index in [9.17, 15) is 0 Å². The van der Waals surface area contributed by atoms with Crippen molar-refractivity contribution in [3.05, 3.63) is 35.9 Å². The Morgan fingerprint density at radius 2 is 2.33 bits per heavy atom. The summed E-state index contributed by atoms with van der Waals surface area (Å²) < 4.78 is 2.32. The minimum absolute atomic E-state index is 1.04. The van der Waals surface area contributed by atoms with E-state index in [4.69, 9.17) is 0 Å². The van der Waals surface area contributed by atoms with E-state index in [2.05, 4.69) is 27.5 Å². The summed E-state index contributed by atoms with van der Waals surface area (Å²) in [6.07, 6.45) is 7.91. The van der Waals surface area contributed by atoms with Crippen LogP contribution in [0.15, 0.2) is 24.7 Å². The minimum Gasteiger partial charge on any atom is -0.328 e. The number of aryl methyl sites for hydroxylation is 2. The number of aromatic nitrogens is 3. The Balaban J connectivity index is 2.22. The lowest BCUT2D eigenvalue weighted by Gasteiger charge is -2.18. The molecule has 15 heavy (non-hydrogen) atoms. The molecule has 3 rings (SSSR count). The van der Waals surface area contributed by atoms with Gasteiger partial charge in [0.2, 0.25) is 0 Å². The van der Waals surface area contributed by atoms with Crippen LogP contribution in [0.5, 0.6) is 0 Å². The fourth-order valence-corrected chi connectivity index (χ4v) is 2.23. The number of imidazole rings is 1. The first-order valence-corrected chi connectivity index (χ1v) is 5.38. The zero-order valence-corrected chi connectivity index (χ0v) is 8.77. The van der Waals surface area contributed by atoms with E-state index in [-0.39, 0.29) is 0 Å². The maximum atomic E-state index is 4.50. The zero-order chi connectivity index (χ0) is 10.3. The Morgan fingerprint density at radius 1 is 1.40 bits per heavy atom. The number of pyridine rings is 1. The van der Waals surface area contributed by atoms with Gasteiger partial charge in [0.25, 0.3) is 0 Å². The normalized spacial score (nSPS) is 13.4. The van der Waals surface area contributed by atoms with Gasteiger partial charge in [0.05, 0.1) is 0 Å². The summed E-state index contributed by atoms with van der Waals surface area (Å²) in [5, 5.41) is 0. The first-order valence-electron chi connectivity index (χ1n) is 5.38. The summed E-state index contributed by atoms with van der Waals surface area (Å²) in [6, 6.07) is 2.06. The van der Waals surface area contributed by atoms with Gasteiger partial charge >= 0.3 is 0 Å². The standard InChI is InChI=1S/C12H13N3/c1-2-10-8-14-12-11-3-5-13-7-9(11)4-6-15(10)12/h3,5,7-8H,2,4,6H2,1H3. The van der Waals surface area contributed by atoms with Crippen molar-refractivity contribution in [2.75, 3.05) is 0 Å². The summed E-state index contributed by atoms with van der Waals surface area (Å²) in [7, 11) is 0. The van der Waals surface area contributed by atoms with Crippen molar-refractivity contribution in [2.45, 2.75) is 26.3 Å². The van der Waals surface area contributed by atoms with Crippen molar-refractivity contribution in [1.29, 1.82) is 0 Å². The van der Waals surface area contributed by atoms with E-state index >= 15 is 0 Å². The maximum Gasteiger partial charge on any atom is 0.140 e. The number of hydrogen-bond acceptors (Lipinski definition) is 2.